The minimum absolute atomic E-state index is 0.155. The van der Waals surface area contributed by atoms with Gasteiger partial charge in [-0.05, 0) is 6.92 Å². The van der Waals surface area contributed by atoms with Gasteiger partial charge in [-0.25, -0.2) is 18.5 Å². The van der Waals surface area contributed by atoms with Crippen LogP contribution in [-0.2, 0) is 41.1 Å². The second-order valence-electron chi connectivity index (χ2n) is 6.38. The molecule has 1 aromatic rings. The monoisotopic (exact) mass is 524 g/mol. The number of carbonyl (C=O) groups excluding carboxylic acids is 1. The Balaban J connectivity index is 2.18. The van der Waals surface area contributed by atoms with Gasteiger partial charge in [0.25, 0.3) is 5.56 Å². The molecule has 5 atom stereocenters. The predicted molar refractivity (Wildman–Crippen MR) is 100 cm³/mol. The van der Waals surface area contributed by atoms with Crippen LogP contribution in [-0.4, -0.2) is 60.5 Å². The van der Waals surface area contributed by atoms with Gasteiger partial charge in [-0.3, -0.25) is 23.7 Å². The highest BCUT2D eigenvalue weighted by Gasteiger charge is 2.45. The van der Waals surface area contributed by atoms with E-state index in [1.807, 2.05) is 0 Å². The Morgan fingerprint density at radius 2 is 1.81 bits per heavy atom. The molecular weight excluding hydrogens is 505 g/mol. The van der Waals surface area contributed by atoms with E-state index in [0.717, 1.165) is 11.5 Å². The van der Waals surface area contributed by atoms with E-state index < -0.39 is 65.5 Å². The first-order chi connectivity index (χ1) is 14.5. The number of ether oxygens (including phenoxy) is 2. The Labute approximate surface area is 178 Å². The summed E-state index contributed by atoms with van der Waals surface area (Å²) in [5.74, 6) is -0.817. The van der Waals surface area contributed by atoms with Crippen molar-refractivity contribution in [3.05, 3.63) is 32.6 Å². The lowest BCUT2D eigenvalue weighted by Gasteiger charge is -2.24. The molecule has 0 aliphatic carbocycles. The summed E-state index contributed by atoms with van der Waals surface area (Å²) in [4.78, 5) is 73.0. The van der Waals surface area contributed by atoms with Crippen LogP contribution in [0, 0.1) is 6.92 Å². The van der Waals surface area contributed by atoms with Crippen molar-refractivity contribution < 1.29 is 60.7 Å². The van der Waals surface area contributed by atoms with Gasteiger partial charge >= 0.3 is 35.1 Å². The lowest BCUT2D eigenvalue weighted by Crippen LogP contribution is -2.41. The molecule has 0 aromatic carbocycles. The van der Waals surface area contributed by atoms with Gasteiger partial charge in [-0.15, -0.1) is 0 Å². The second kappa shape index (κ2) is 9.79. The molecule has 1 saturated heterocycles. The number of aromatic amines is 1. The Bertz CT molecular complexity index is 1120. The molecule has 1 aliphatic rings. The fraction of sp³-hybridized carbons (Fsp3) is 0.583. The Morgan fingerprint density at radius 1 is 1.19 bits per heavy atom. The fourth-order valence-corrected chi connectivity index (χ4v) is 5.72. The van der Waals surface area contributed by atoms with Gasteiger partial charge in [0.1, 0.15) is 12.1 Å². The number of aryl methyl sites for hydroxylation is 1. The lowest BCUT2D eigenvalue weighted by molar-refractivity contribution is -0.151. The number of nitrogens with one attached hydrogen (secondary N) is 1. The highest BCUT2D eigenvalue weighted by Crippen LogP contribution is 2.66. The highest BCUT2D eigenvalue weighted by atomic mass is 31.3. The van der Waals surface area contributed by atoms with Crippen LogP contribution in [0.3, 0.4) is 0 Å². The molecule has 1 aromatic heterocycles. The van der Waals surface area contributed by atoms with Crippen LogP contribution in [0.5, 0.6) is 0 Å². The van der Waals surface area contributed by atoms with Gasteiger partial charge < -0.3 is 29.0 Å². The number of rotatable bonds is 9. The first-order valence-corrected chi connectivity index (χ1v) is 12.9. The number of carbonyl (C=O) groups is 1. The topological polar surface area (TPSA) is 250 Å². The molecule has 0 radical (unpaired) electrons. The van der Waals surface area contributed by atoms with Crippen molar-refractivity contribution in [3.8, 4) is 0 Å². The standard InChI is InChI=1S/C12H19N2O15P3/c1-6-3-14(12(17)13-11(6)16)8-4-25-9(10(8)27-7(2)15)5-26-31(21,22)29-32(23,24)28-30(18,19)20/h3,8-10H,4-5H2,1-2H3,(H,21,22)(H,23,24)(H,13,16,17)(H2,18,19,20)/t8-,9-,10+/m0/s1. The van der Waals surface area contributed by atoms with E-state index in [9.17, 15) is 33.0 Å². The van der Waals surface area contributed by atoms with Gasteiger partial charge in [0, 0.05) is 18.7 Å². The van der Waals surface area contributed by atoms with Crippen molar-refractivity contribution in [2.45, 2.75) is 32.1 Å². The van der Waals surface area contributed by atoms with Crippen LogP contribution in [0.15, 0.2) is 15.8 Å². The van der Waals surface area contributed by atoms with Gasteiger partial charge in [-0.1, -0.05) is 0 Å². The molecule has 5 N–H and O–H groups in total. The average molecular weight is 524 g/mol. The normalized spacial score (nSPS) is 25.1. The molecule has 0 bridgehead atoms. The molecule has 0 spiro atoms. The maximum Gasteiger partial charge on any atom is 0.490 e. The van der Waals surface area contributed by atoms with E-state index in [0.29, 0.717) is 0 Å². The number of nitrogens with zero attached hydrogens (tertiary/aromatic N) is 1. The van der Waals surface area contributed by atoms with Crippen LogP contribution >= 0.6 is 23.5 Å². The van der Waals surface area contributed by atoms with E-state index >= 15 is 0 Å². The van der Waals surface area contributed by atoms with Crippen molar-refractivity contribution >= 4 is 29.4 Å². The van der Waals surface area contributed by atoms with Crippen LogP contribution in [0.4, 0.5) is 0 Å². The predicted octanol–water partition coefficient (Wildman–Crippen LogP) is -0.940. The summed E-state index contributed by atoms with van der Waals surface area (Å²) in [5.41, 5.74) is -1.33. The van der Waals surface area contributed by atoms with Crippen LogP contribution in [0.2, 0.25) is 0 Å². The van der Waals surface area contributed by atoms with Crippen molar-refractivity contribution in [3.63, 3.8) is 0 Å². The minimum atomic E-state index is -5.72. The number of phosphoric ester groups is 1. The first kappa shape index (κ1) is 26.8. The molecule has 2 unspecified atom stereocenters. The molecule has 2 rings (SSSR count). The molecule has 1 aliphatic heterocycles. The van der Waals surface area contributed by atoms with Gasteiger partial charge in [0.05, 0.1) is 13.2 Å². The average Bonchev–Trinajstić information content (AvgIpc) is 2.95. The molecule has 182 valence electrons. The molecular formula is C12H19N2O15P3. The van der Waals surface area contributed by atoms with E-state index in [2.05, 4.69) is 18.1 Å². The van der Waals surface area contributed by atoms with E-state index in [4.69, 9.17) is 24.2 Å². The van der Waals surface area contributed by atoms with Gasteiger partial charge in [-0.2, -0.15) is 8.62 Å². The van der Waals surface area contributed by atoms with Crippen molar-refractivity contribution in [2.24, 2.45) is 0 Å². The number of phosphoric acid groups is 3. The quantitative estimate of drug-likeness (QED) is 0.193. The SMILES string of the molecule is CC(=O)O[C@H]1[C@H](COP(=O)(O)OP(=O)(O)OP(=O)(O)O)OC[C@@H]1n1cc(C)c(=O)[nH]c1=O. The molecule has 20 heteroatoms. The number of aromatic nitrogens is 2. The number of hydrogen-bond donors (Lipinski definition) is 5. The Morgan fingerprint density at radius 3 is 2.38 bits per heavy atom. The summed E-state index contributed by atoms with van der Waals surface area (Å²) in [7, 11) is -16.7. The summed E-state index contributed by atoms with van der Waals surface area (Å²) in [6.07, 6.45) is -1.38. The maximum atomic E-state index is 12.1. The van der Waals surface area contributed by atoms with Crippen molar-refractivity contribution in [2.75, 3.05) is 13.2 Å². The smallest absolute Gasteiger partial charge is 0.457 e. The summed E-state index contributed by atoms with van der Waals surface area (Å²) >= 11 is 0. The molecule has 2 heterocycles. The zero-order valence-electron chi connectivity index (χ0n) is 16.3. The fourth-order valence-electron chi connectivity index (χ4n) is 2.69. The zero-order chi connectivity index (χ0) is 24.5. The van der Waals surface area contributed by atoms with E-state index in [-0.39, 0.29) is 12.2 Å². The molecule has 0 amide bonds. The maximum absolute atomic E-state index is 12.1. The number of esters is 1. The van der Waals surface area contributed by atoms with Crippen molar-refractivity contribution in [1.29, 1.82) is 0 Å². The minimum Gasteiger partial charge on any atom is -0.457 e. The first-order valence-electron chi connectivity index (χ1n) is 8.39. The van der Waals surface area contributed by atoms with Gasteiger partial charge in [0.2, 0.25) is 0 Å². The number of hydrogen-bond acceptors (Lipinski definition) is 11. The molecule has 1 fully saturated rings. The number of H-pyrrole nitrogens is 1. The second-order valence-corrected chi connectivity index (χ2v) is 10.8. The largest absolute Gasteiger partial charge is 0.490 e. The summed E-state index contributed by atoms with van der Waals surface area (Å²) in [6.45, 7) is 1.29. The summed E-state index contributed by atoms with van der Waals surface area (Å²) in [5, 5.41) is 0. The van der Waals surface area contributed by atoms with Crippen LogP contribution < -0.4 is 11.2 Å². The van der Waals surface area contributed by atoms with E-state index in [1.54, 1.807) is 0 Å². The lowest BCUT2D eigenvalue weighted by atomic mass is 10.1. The Hall–Kier alpha value is -1.48. The van der Waals surface area contributed by atoms with E-state index in [1.165, 1.54) is 13.1 Å². The molecule has 0 saturated carbocycles. The van der Waals surface area contributed by atoms with Crippen molar-refractivity contribution in [1.82, 2.24) is 9.55 Å². The highest BCUT2D eigenvalue weighted by molar-refractivity contribution is 7.66. The van der Waals surface area contributed by atoms with Crippen LogP contribution in [0.1, 0.15) is 18.5 Å². The third-order valence-electron chi connectivity index (χ3n) is 3.85. The Kier molecular flexibility index (Phi) is 8.19. The summed E-state index contributed by atoms with van der Waals surface area (Å²) < 4.78 is 57.0. The third kappa shape index (κ3) is 7.54. The van der Waals surface area contributed by atoms with Crippen LogP contribution in [0.25, 0.3) is 0 Å². The third-order valence-corrected chi connectivity index (χ3v) is 7.65. The van der Waals surface area contributed by atoms with Gasteiger partial charge in [0.15, 0.2) is 6.10 Å². The summed E-state index contributed by atoms with van der Waals surface area (Å²) in [6, 6.07) is -0.989. The zero-order valence-corrected chi connectivity index (χ0v) is 19.0. The molecule has 32 heavy (non-hydrogen) atoms. The molecule has 17 nitrogen and oxygen atoms in total.